The van der Waals surface area contributed by atoms with E-state index >= 15 is 0 Å². The van der Waals surface area contributed by atoms with Gasteiger partial charge in [0.05, 0.1) is 10.8 Å². The number of aryl methyl sites for hydroxylation is 1. The van der Waals surface area contributed by atoms with Crippen LogP contribution in [0.4, 0.5) is 13.2 Å². The smallest absolute Gasteiger partial charge is 0.338 e. The quantitative estimate of drug-likeness (QED) is 0.754. The molecule has 0 spiro atoms. The Kier molecular flexibility index (Phi) is 6.05. The van der Waals surface area contributed by atoms with Crippen LogP contribution in [0, 0.1) is 12.8 Å². The molecule has 2 aliphatic rings. The summed E-state index contributed by atoms with van der Waals surface area (Å²) in [5, 5.41) is 0. The summed E-state index contributed by atoms with van der Waals surface area (Å²) < 4.78 is 66.5. The van der Waals surface area contributed by atoms with Crippen LogP contribution in [0.15, 0.2) is 23.1 Å². The van der Waals surface area contributed by atoms with E-state index in [1.165, 1.54) is 21.3 Å². The third-order valence-electron chi connectivity index (χ3n) is 5.54. The molecule has 0 unspecified atom stereocenters. The van der Waals surface area contributed by atoms with E-state index in [9.17, 15) is 26.4 Å². The summed E-state index contributed by atoms with van der Waals surface area (Å²) in [5.41, 5.74) is 0.637. The lowest BCUT2D eigenvalue weighted by molar-refractivity contribution is -0.184. The van der Waals surface area contributed by atoms with Crippen LogP contribution in [-0.2, 0) is 10.0 Å². The standard InChI is InChI=1S/C19H25F3N2O3S/c1-14-7-8-15(12-17(14)28(26,27)24-10-3-2-4-11-24)18(25)23-9-5-6-16(13-23)19(20,21)22/h7-8,12,16H,2-6,9-11,13H2,1H3/t16-/m1/s1. The van der Waals surface area contributed by atoms with Gasteiger partial charge in [-0.25, -0.2) is 8.42 Å². The highest BCUT2D eigenvalue weighted by Gasteiger charge is 2.43. The zero-order valence-corrected chi connectivity index (χ0v) is 16.7. The molecule has 1 aromatic rings. The minimum Gasteiger partial charge on any atom is -0.338 e. The van der Waals surface area contributed by atoms with E-state index < -0.39 is 28.0 Å². The average Bonchev–Trinajstić information content (AvgIpc) is 2.68. The van der Waals surface area contributed by atoms with Crippen molar-refractivity contribution in [1.82, 2.24) is 9.21 Å². The zero-order chi connectivity index (χ0) is 20.5. The first-order valence-corrected chi connectivity index (χ1v) is 11.0. The number of likely N-dealkylation sites (tertiary alicyclic amines) is 1. The van der Waals surface area contributed by atoms with Crippen molar-refractivity contribution in [3.63, 3.8) is 0 Å². The molecule has 0 radical (unpaired) electrons. The molecule has 1 atom stereocenters. The molecule has 2 aliphatic heterocycles. The maximum absolute atomic E-state index is 13.0. The summed E-state index contributed by atoms with van der Waals surface area (Å²) in [6, 6.07) is 4.36. The fraction of sp³-hybridized carbons (Fsp3) is 0.632. The fourth-order valence-electron chi connectivity index (χ4n) is 3.87. The average molecular weight is 418 g/mol. The number of sulfonamides is 1. The van der Waals surface area contributed by atoms with Crippen LogP contribution in [0.2, 0.25) is 0 Å². The maximum atomic E-state index is 13.0. The number of rotatable bonds is 3. The Balaban J connectivity index is 1.85. The molecule has 0 N–H and O–H groups in total. The molecule has 2 saturated heterocycles. The van der Waals surface area contributed by atoms with Crippen LogP contribution in [-0.4, -0.2) is 55.9 Å². The maximum Gasteiger partial charge on any atom is 0.393 e. The first-order chi connectivity index (χ1) is 13.1. The molecule has 0 bridgehead atoms. The topological polar surface area (TPSA) is 57.7 Å². The van der Waals surface area contributed by atoms with Gasteiger partial charge in [-0.3, -0.25) is 4.79 Å². The predicted molar refractivity (Wildman–Crippen MR) is 98.5 cm³/mol. The van der Waals surface area contributed by atoms with Gasteiger partial charge < -0.3 is 4.90 Å². The van der Waals surface area contributed by atoms with E-state index in [-0.39, 0.29) is 36.4 Å². The lowest BCUT2D eigenvalue weighted by Gasteiger charge is -2.34. The van der Waals surface area contributed by atoms with Crippen LogP contribution in [0.5, 0.6) is 0 Å². The van der Waals surface area contributed by atoms with Gasteiger partial charge in [-0.2, -0.15) is 17.5 Å². The summed E-state index contributed by atoms with van der Waals surface area (Å²) in [4.78, 5) is 14.0. The third-order valence-corrected chi connectivity index (χ3v) is 7.58. The largest absolute Gasteiger partial charge is 0.393 e. The van der Waals surface area contributed by atoms with E-state index in [0.29, 0.717) is 18.7 Å². The molecule has 1 aromatic carbocycles. The third kappa shape index (κ3) is 4.35. The summed E-state index contributed by atoms with van der Waals surface area (Å²) in [5.74, 6) is -2.09. The van der Waals surface area contributed by atoms with Crippen LogP contribution in [0.3, 0.4) is 0 Å². The normalized spacial score (nSPS) is 22.3. The first-order valence-electron chi connectivity index (χ1n) is 9.57. The summed E-state index contributed by atoms with van der Waals surface area (Å²) in [6.07, 6.45) is -1.47. The molecule has 1 amide bonds. The van der Waals surface area contributed by atoms with Crippen LogP contribution in [0.1, 0.15) is 48.0 Å². The van der Waals surface area contributed by atoms with Crippen molar-refractivity contribution >= 4 is 15.9 Å². The minimum atomic E-state index is -4.34. The highest BCUT2D eigenvalue weighted by molar-refractivity contribution is 7.89. The number of piperidine rings is 2. The first kappa shape index (κ1) is 21.1. The number of carbonyl (C=O) groups is 1. The zero-order valence-electron chi connectivity index (χ0n) is 15.8. The van der Waals surface area contributed by atoms with E-state index in [4.69, 9.17) is 0 Å². The Morgan fingerprint density at radius 3 is 2.39 bits per heavy atom. The number of amides is 1. The van der Waals surface area contributed by atoms with E-state index in [1.54, 1.807) is 13.0 Å². The lowest BCUT2D eigenvalue weighted by Crippen LogP contribution is -2.44. The Labute approximate surface area is 163 Å². The van der Waals surface area contributed by atoms with E-state index in [1.807, 2.05) is 0 Å². The van der Waals surface area contributed by atoms with Gasteiger partial charge in [-0.15, -0.1) is 0 Å². The van der Waals surface area contributed by atoms with Crippen molar-refractivity contribution in [2.45, 2.75) is 50.1 Å². The van der Waals surface area contributed by atoms with Crippen molar-refractivity contribution in [3.8, 4) is 0 Å². The molecule has 0 aromatic heterocycles. The molecule has 0 aliphatic carbocycles. The molecule has 9 heteroatoms. The molecule has 2 heterocycles. The molecule has 5 nitrogen and oxygen atoms in total. The van der Waals surface area contributed by atoms with Crippen molar-refractivity contribution in [2.75, 3.05) is 26.2 Å². The second kappa shape index (κ2) is 8.02. The number of halogens is 3. The molecule has 0 saturated carbocycles. The molecule has 156 valence electrons. The number of hydrogen-bond acceptors (Lipinski definition) is 3. The van der Waals surface area contributed by atoms with Crippen molar-refractivity contribution in [1.29, 1.82) is 0 Å². The van der Waals surface area contributed by atoms with Crippen LogP contribution < -0.4 is 0 Å². The number of nitrogens with zero attached hydrogens (tertiary/aromatic N) is 2. The van der Waals surface area contributed by atoms with Gasteiger partial charge in [0.25, 0.3) is 5.91 Å². The lowest BCUT2D eigenvalue weighted by atomic mass is 9.97. The van der Waals surface area contributed by atoms with Gasteiger partial charge in [-0.05, 0) is 50.3 Å². The van der Waals surface area contributed by atoms with Crippen molar-refractivity contribution in [2.24, 2.45) is 5.92 Å². The molecular formula is C19H25F3N2O3S. The highest BCUT2D eigenvalue weighted by Crippen LogP contribution is 2.34. The number of alkyl halides is 3. The summed E-state index contributed by atoms with van der Waals surface area (Å²) in [6.45, 7) is 2.41. The second-order valence-electron chi connectivity index (χ2n) is 7.58. The molecule has 3 rings (SSSR count). The van der Waals surface area contributed by atoms with Gasteiger partial charge in [0.15, 0.2) is 0 Å². The predicted octanol–water partition coefficient (Wildman–Crippen LogP) is 3.58. The van der Waals surface area contributed by atoms with Crippen molar-refractivity contribution < 1.29 is 26.4 Å². The summed E-state index contributed by atoms with van der Waals surface area (Å²) >= 11 is 0. The SMILES string of the molecule is Cc1ccc(C(=O)N2CCC[C@@H](C(F)(F)F)C2)cc1S(=O)(=O)N1CCCCC1. The van der Waals surface area contributed by atoms with Crippen LogP contribution in [0.25, 0.3) is 0 Å². The molecule has 2 fully saturated rings. The number of hydrogen-bond donors (Lipinski definition) is 0. The molecule has 28 heavy (non-hydrogen) atoms. The fourth-order valence-corrected chi connectivity index (χ4v) is 5.63. The van der Waals surface area contributed by atoms with E-state index in [0.717, 1.165) is 19.3 Å². The Hall–Kier alpha value is -1.61. The van der Waals surface area contributed by atoms with Crippen molar-refractivity contribution in [3.05, 3.63) is 29.3 Å². The Morgan fingerprint density at radius 2 is 1.75 bits per heavy atom. The molecular weight excluding hydrogens is 393 g/mol. The van der Waals surface area contributed by atoms with Gasteiger partial charge in [0.1, 0.15) is 0 Å². The van der Waals surface area contributed by atoms with Gasteiger partial charge in [0.2, 0.25) is 10.0 Å². The van der Waals surface area contributed by atoms with Gasteiger partial charge >= 0.3 is 6.18 Å². The number of carbonyl (C=O) groups excluding carboxylic acids is 1. The van der Waals surface area contributed by atoms with Gasteiger partial charge in [0, 0.05) is 31.7 Å². The summed E-state index contributed by atoms with van der Waals surface area (Å²) in [7, 11) is -3.73. The monoisotopic (exact) mass is 418 g/mol. The Bertz CT molecular complexity index is 833. The van der Waals surface area contributed by atoms with Gasteiger partial charge in [-0.1, -0.05) is 12.5 Å². The second-order valence-corrected chi connectivity index (χ2v) is 9.48. The minimum absolute atomic E-state index is 0.00969. The highest BCUT2D eigenvalue weighted by atomic mass is 32.2. The number of benzene rings is 1. The Morgan fingerprint density at radius 1 is 1.07 bits per heavy atom. The van der Waals surface area contributed by atoms with E-state index in [2.05, 4.69) is 0 Å². The van der Waals surface area contributed by atoms with Crippen LogP contribution >= 0.6 is 0 Å².